The van der Waals surface area contributed by atoms with Gasteiger partial charge in [-0.25, -0.2) is 9.18 Å². The van der Waals surface area contributed by atoms with E-state index < -0.39 is 11.8 Å². The topological polar surface area (TPSA) is 67.8 Å². The summed E-state index contributed by atoms with van der Waals surface area (Å²) in [6.07, 6.45) is 1.09. The molecule has 0 aromatic heterocycles. The van der Waals surface area contributed by atoms with E-state index in [9.17, 15) is 9.18 Å². The molecule has 0 fully saturated rings. The van der Waals surface area contributed by atoms with Crippen LogP contribution in [-0.2, 0) is 4.79 Å². The third-order valence-corrected chi connectivity index (χ3v) is 4.00. The Morgan fingerprint density at radius 2 is 1.78 bits per heavy atom. The summed E-state index contributed by atoms with van der Waals surface area (Å²) in [5, 5.41) is 12.1. The molecule has 0 bridgehead atoms. The van der Waals surface area contributed by atoms with Crippen LogP contribution in [0.15, 0.2) is 36.4 Å². The number of ether oxygens (including phenoxy) is 2. The van der Waals surface area contributed by atoms with Crippen LogP contribution in [0, 0.1) is 5.82 Å². The van der Waals surface area contributed by atoms with Gasteiger partial charge in [0.1, 0.15) is 17.3 Å². The predicted octanol–water partition coefficient (Wildman–Crippen LogP) is 4.82. The maximum absolute atomic E-state index is 14.7. The van der Waals surface area contributed by atoms with Gasteiger partial charge in [0.25, 0.3) is 0 Å². The van der Waals surface area contributed by atoms with Crippen LogP contribution in [0.4, 0.5) is 10.1 Å². The van der Waals surface area contributed by atoms with E-state index in [4.69, 9.17) is 14.6 Å². The van der Waals surface area contributed by atoms with Crippen molar-refractivity contribution in [3.63, 3.8) is 0 Å². The Bertz CT molecular complexity index is 875. The molecular weight excluding hydrogens is 349 g/mol. The summed E-state index contributed by atoms with van der Waals surface area (Å²) in [5.74, 6) is -0.597. The largest absolute Gasteiger partial charge is 0.496 e. The van der Waals surface area contributed by atoms with Gasteiger partial charge in [0, 0.05) is 34.5 Å². The van der Waals surface area contributed by atoms with Crippen molar-refractivity contribution in [3.05, 3.63) is 47.8 Å². The smallest absolute Gasteiger partial charge is 0.328 e. The van der Waals surface area contributed by atoms with Crippen LogP contribution in [0.25, 0.3) is 16.7 Å². The molecule has 0 radical (unpaired) electrons. The van der Waals surface area contributed by atoms with E-state index in [0.717, 1.165) is 6.08 Å². The highest BCUT2D eigenvalue weighted by Gasteiger charge is 2.17. The molecule has 0 aliphatic carbocycles. The quantitative estimate of drug-likeness (QED) is 0.681. The molecule has 0 unspecified atom stereocenters. The second-order valence-corrected chi connectivity index (χ2v) is 6.41. The number of hydrogen-bond donors (Lipinski definition) is 2. The fourth-order valence-corrected chi connectivity index (χ4v) is 2.84. The van der Waals surface area contributed by atoms with Gasteiger partial charge in [-0.2, -0.15) is 0 Å². The molecule has 0 heterocycles. The number of aliphatic carboxylic acids is 1. The fourth-order valence-electron chi connectivity index (χ4n) is 2.84. The van der Waals surface area contributed by atoms with E-state index in [1.807, 2.05) is 13.8 Å². The van der Waals surface area contributed by atoms with Crippen molar-refractivity contribution in [2.24, 2.45) is 0 Å². The summed E-state index contributed by atoms with van der Waals surface area (Å²) >= 11 is 0. The van der Waals surface area contributed by atoms with E-state index in [1.165, 1.54) is 20.3 Å². The number of rotatable bonds is 7. The van der Waals surface area contributed by atoms with E-state index in [0.29, 0.717) is 39.4 Å². The predicted molar refractivity (Wildman–Crippen MR) is 105 cm³/mol. The van der Waals surface area contributed by atoms with Gasteiger partial charge < -0.3 is 19.9 Å². The molecule has 2 N–H and O–H groups in total. The SMILES string of the molecule is COc1cc(-c2ccc(NC(C)C)cc2F)c(OC)cc1/C(C)=C/C(=O)O. The first-order chi connectivity index (χ1) is 12.8. The number of benzene rings is 2. The average Bonchev–Trinajstić information content (AvgIpc) is 2.59. The molecule has 5 nitrogen and oxygen atoms in total. The first-order valence-electron chi connectivity index (χ1n) is 8.50. The minimum atomic E-state index is -1.06. The number of hydrogen-bond acceptors (Lipinski definition) is 4. The fraction of sp³-hybridized carbons (Fsp3) is 0.286. The number of carboxylic acids is 1. The second kappa shape index (κ2) is 8.58. The zero-order chi connectivity index (χ0) is 20.1. The van der Waals surface area contributed by atoms with E-state index in [-0.39, 0.29) is 6.04 Å². The molecule has 0 aliphatic rings. The second-order valence-electron chi connectivity index (χ2n) is 6.41. The van der Waals surface area contributed by atoms with E-state index in [1.54, 1.807) is 31.2 Å². The third kappa shape index (κ3) is 4.78. The van der Waals surface area contributed by atoms with Crippen LogP contribution in [0.2, 0.25) is 0 Å². The van der Waals surface area contributed by atoms with Crippen molar-refractivity contribution in [2.75, 3.05) is 19.5 Å². The highest BCUT2D eigenvalue weighted by Crippen LogP contribution is 2.40. The average molecular weight is 373 g/mol. The lowest BCUT2D eigenvalue weighted by molar-refractivity contribution is -0.131. The maximum atomic E-state index is 14.7. The Kier molecular flexibility index (Phi) is 6.45. The molecular formula is C21H24FNO4. The lowest BCUT2D eigenvalue weighted by Crippen LogP contribution is -2.09. The monoisotopic (exact) mass is 373 g/mol. The van der Waals surface area contributed by atoms with Crippen molar-refractivity contribution in [3.8, 4) is 22.6 Å². The van der Waals surface area contributed by atoms with Crippen molar-refractivity contribution < 1.29 is 23.8 Å². The van der Waals surface area contributed by atoms with Crippen molar-refractivity contribution in [2.45, 2.75) is 26.8 Å². The molecule has 0 amide bonds. The molecule has 0 aliphatic heterocycles. The van der Waals surface area contributed by atoms with Crippen molar-refractivity contribution >= 4 is 17.2 Å². The number of allylic oxidation sites excluding steroid dienone is 1. The van der Waals surface area contributed by atoms with Crippen LogP contribution in [0.3, 0.4) is 0 Å². The van der Waals surface area contributed by atoms with Gasteiger partial charge >= 0.3 is 5.97 Å². The van der Waals surface area contributed by atoms with Gasteiger partial charge in [-0.15, -0.1) is 0 Å². The molecule has 6 heteroatoms. The summed E-state index contributed by atoms with van der Waals surface area (Å²) in [7, 11) is 2.97. The summed E-state index contributed by atoms with van der Waals surface area (Å²) in [6.45, 7) is 5.62. The molecule has 144 valence electrons. The van der Waals surface area contributed by atoms with Crippen LogP contribution in [-0.4, -0.2) is 31.3 Å². The Labute approximate surface area is 158 Å². The molecule has 27 heavy (non-hydrogen) atoms. The summed E-state index contributed by atoms with van der Waals surface area (Å²) in [5.41, 5.74) is 2.65. The minimum Gasteiger partial charge on any atom is -0.496 e. The number of carboxylic acid groups (broad SMARTS) is 1. The summed E-state index contributed by atoms with van der Waals surface area (Å²) in [4.78, 5) is 11.0. The summed E-state index contributed by atoms with van der Waals surface area (Å²) in [6, 6.07) is 8.41. The normalized spacial score (nSPS) is 11.4. The Hall–Kier alpha value is -3.02. The number of nitrogens with one attached hydrogen (secondary N) is 1. The lowest BCUT2D eigenvalue weighted by atomic mass is 9.97. The Morgan fingerprint density at radius 3 is 2.30 bits per heavy atom. The minimum absolute atomic E-state index is 0.188. The summed E-state index contributed by atoms with van der Waals surface area (Å²) < 4.78 is 25.6. The molecule has 0 saturated carbocycles. The first-order valence-corrected chi connectivity index (χ1v) is 8.50. The molecule has 0 spiro atoms. The van der Waals surface area contributed by atoms with Gasteiger partial charge in [0.2, 0.25) is 0 Å². The molecule has 2 rings (SSSR count). The molecule has 2 aromatic carbocycles. The molecule has 0 atom stereocenters. The number of anilines is 1. The zero-order valence-corrected chi connectivity index (χ0v) is 16.1. The van der Waals surface area contributed by atoms with Gasteiger partial charge in [-0.3, -0.25) is 0 Å². The van der Waals surface area contributed by atoms with Gasteiger partial charge in [-0.1, -0.05) is 0 Å². The standard InChI is InChI=1S/C21H24FNO4/c1-12(2)23-14-6-7-15(18(22)9-14)17-11-19(26-4)16(10-20(17)27-5)13(3)8-21(24)25/h6-12,23H,1-5H3,(H,24,25)/b13-8+. The first kappa shape index (κ1) is 20.3. The Balaban J connectivity index is 2.59. The van der Waals surface area contributed by atoms with Gasteiger partial charge in [-0.05, 0) is 56.7 Å². The van der Waals surface area contributed by atoms with Crippen LogP contribution in [0.1, 0.15) is 26.3 Å². The van der Waals surface area contributed by atoms with Crippen LogP contribution < -0.4 is 14.8 Å². The maximum Gasteiger partial charge on any atom is 0.328 e. The number of carbonyl (C=O) groups is 1. The van der Waals surface area contributed by atoms with Crippen LogP contribution in [0.5, 0.6) is 11.5 Å². The molecule has 0 saturated heterocycles. The van der Waals surface area contributed by atoms with Gasteiger partial charge in [0.15, 0.2) is 0 Å². The lowest BCUT2D eigenvalue weighted by Gasteiger charge is -2.17. The highest BCUT2D eigenvalue weighted by molar-refractivity contribution is 5.91. The molecule has 2 aromatic rings. The highest BCUT2D eigenvalue weighted by atomic mass is 19.1. The number of halogens is 1. The van der Waals surface area contributed by atoms with Crippen molar-refractivity contribution in [1.82, 2.24) is 0 Å². The Morgan fingerprint density at radius 1 is 1.11 bits per heavy atom. The third-order valence-electron chi connectivity index (χ3n) is 4.00. The van der Waals surface area contributed by atoms with Crippen LogP contribution >= 0.6 is 0 Å². The van der Waals surface area contributed by atoms with Crippen molar-refractivity contribution in [1.29, 1.82) is 0 Å². The van der Waals surface area contributed by atoms with E-state index >= 15 is 0 Å². The van der Waals surface area contributed by atoms with E-state index in [2.05, 4.69) is 5.32 Å². The number of methoxy groups -OCH3 is 2. The zero-order valence-electron chi connectivity index (χ0n) is 16.1. The van der Waals surface area contributed by atoms with Gasteiger partial charge in [0.05, 0.1) is 14.2 Å².